The number of benzene rings is 1. The number of hydrogen-bond donors (Lipinski definition) is 1. The first-order chi connectivity index (χ1) is 12.9. The third kappa shape index (κ3) is 4.08. The number of halogens is 1. The number of H-pyrrole nitrogens is 1. The van der Waals surface area contributed by atoms with Gasteiger partial charge < -0.3 is 9.88 Å². The van der Waals surface area contributed by atoms with Gasteiger partial charge in [0.2, 0.25) is 5.91 Å². The first-order valence-corrected chi connectivity index (χ1v) is 9.07. The van der Waals surface area contributed by atoms with Gasteiger partial charge in [-0.3, -0.25) is 9.59 Å². The number of aryl methyl sites for hydroxylation is 1. The third-order valence-electron chi connectivity index (χ3n) is 5.12. The van der Waals surface area contributed by atoms with Gasteiger partial charge in [-0.15, -0.1) is 0 Å². The van der Waals surface area contributed by atoms with Crippen LogP contribution in [0.15, 0.2) is 29.1 Å². The highest BCUT2D eigenvalue weighted by Crippen LogP contribution is 2.30. The Morgan fingerprint density at radius 1 is 1.33 bits per heavy atom. The third-order valence-corrected chi connectivity index (χ3v) is 5.12. The van der Waals surface area contributed by atoms with Gasteiger partial charge in [0.15, 0.2) is 0 Å². The number of nitriles is 1. The van der Waals surface area contributed by atoms with Gasteiger partial charge in [-0.25, -0.2) is 4.39 Å². The summed E-state index contributed by atoms with van der Waals surface area (Å²) in [6.45, 7) is 3.77. The molecule has 0 atom stereocenters. The molecule has 6 heteroatoms. The second-order valence-electron chi connectivity index (χ2n) is 7.01. The number of amides is 1. The Morgan fingerprint density at radius 2 is 2.04 bits per heavy atom. The SMILES string of the molecule is Cc1[nH]c(=O)c(C#N)c(C)c1CCC(=O)N(Cc1ccccc1F)C1CC1. The van der Waals surface area contributed by atoms with E-state index in [1.54, 1.807) is 36.9 Å². The van der Waals surface area contributed by atoms with Crippen molar-refractivity contribution in [2.75, 3.05) is 0 Å². The molecule has 0 spiro atoms. The lowest BCUT2D eigenvalue weighted by atomic mass is 9.99. The highest BCUT2D eigenvalue weighted by molar-refractivity contribution is 5.77. The van der Waals surface area contributed by atoms with Gasteiger partial charge in [-0.05, 0) is 50.3 Å². The lowest BCUT2D eigenvalue weighted by Crippen LogP contribution is -2.33. The molecule has 1 fully saturated rings. The highest BCUT2D eigenvalue weighted by Gasteiger charge is 2.32. The Balaban J connectivity index is 1.75. The van der Waals surface area contributed by atoms with Crippen molar-refractivity contribution in [2.24, 2.45) is 0 Å². The molecule has 3 rings (SSSR count). The first kappa shape index (κ1) is 18.8. The molecule has 1 saturated carbocycles. The number of carbonyl (C=O) groups is 1. The Kier molecular flexibility index (Phi) is 5.41. The van der Waals surface area contributed by atoms with Crippen LogP contribution < -0.4 is 5.56 Å². The lowest BCUT2D eigenvalue weighted by Gasteiger charge is -2.23. The Hall–Kier alpha value is -2.94. The van der Waals surface area contributed by atoms with Crippen LogP contribution in [0.1, 0.15) is 47.2 Å². The summed E-state index contributed by atoms with van der Waals surface area (Å²) in [6.07, 6.45) is 2.57. The molecule has 2 aromatic rings. The fraction of sp³-hybridized carbons (Fsp3) is 0.381. The van der Waals surface area contributed by atoms with Gasteiger partial charge in [0.05, 0.1) is 0 Å². The number of aromatic nitrogens is 1. The maximum atomic E-state index is 14.0. The van der Waals surface area contributed by atoms with Crippen molar-refractivity contribution in [3.05, 3.63) is 68.4 Å². The molecule has 0 bridgehead atoms. The average molecular weight is 367 g/mol. The predicted octanol–water partition coefficient (Wildman–Crippen LogP) is 3.13. The molecular weight excluding hydrogens is 345 g/mol. The molecule has 1 heterocycles. The number of aromatic amines is 1. The Labute approximate surface area is 157 Å². The maximum Gasteiger partial charge on any atom is 0.266 e. The normalized spacial score (nSPS) is 13.3. The molecule has 0 radical (unpaired) electrons. The van der Waals surface area contributed by atoms with E-state index in [0.29, 0.717) is 23.2 Å². The van der Waals surface area contributed by atoms with Crippen molar-refractivity contribution in [1.82, 2.24) is 9.88 Å². The summed E-state index contributed by atoms with van der Waals surface area (Å²) in [5, 5.41) is 9.17. The summed E-state index contributed by atoms with van der Waals surface area (Å²) in [5.74, 6) is -0.341. The molecule has 1 aromatic heterocycles. The van der Waals surface area contributed by atoms with Crippen LogP contribution in [0.5, 0.6) is 0 Å². The molecule has 1 aromatic carbocycles. The zero-order chi connectivity index (χ0) is 19.6. The van der Waals surface area contributed by atoms with Crippen molar-refractivity contribution in [3.63, 3.8) is 0 Å². The fourth-order valence-corrected chi connectivity index (χ4v) is 3.41. The van der Waals surface area contributed by atoms with Crippen LogP contribution in [-0.4, -0.2) is 21.8 Å². The Bertz CT molecular complexity index is 970. The van der Waals surface area contributed by atoms with Crippen molar-refractivity contribution < 1.29 is 9.18 Å². The van der Waals surface area contributed by atoms with E-state index in [-0.39, 0.29) is 36.3 Å². The molecular formula is C21H22FN3O2. The minimum Gasteiger partial charge on any atom is -0.335 e. The van der Waals surface area contributed by atoms with E-state index in [0.717, 1.165) is 18.4 Å². The minimum atomic E-state index is -0.401. The predicted molar refractivity (Wildman–Crippen MR) is 99.5 cm³/mol. The van der Waals surface area contributed by atoms with Crippen molar-refractivity contribution in [1.29, 1.82) is 5.26 Å². The second-order valence-corrected chi connectivity index (χ2v) is 7.01. The van der Waals surface area contributed by atoms with Gasteiger partial charge >= 0.3 is 0 Å². The summed E-state index contributed by atoms with van der Waals surface area (Å²) in [6, 6.07) is 8.61. The van der Waals surface area contributed by atoms with Gasteiger partial charge in [0, 0.05) is 30.3 Å². The van der Waals surface area contributed by atoms with Crippen LogP contribution in [0.3, 0.4) is 0 Å². The molecule has 1 aliphatic rings. The van der Waals surface area contributed by atoms with E-state index < -0.39 is 5.56 Å². The molecule has 0 saturated heterocycles. The zero-order valence-electron chi connectivity index (χ0n) is 15.5. The Morgan fingerprint density at radius 3 is 2.67 bits per heavy atom. The molecule has 5 nitrogen and oxygen atoms in total. The van der Waals surface area contributed by atoms with E-state index in [2.05, 4.69) is 4.98 Å². The van der Waals surface area contributed by atoms with Gasteiger partial charge in [0.25, 0.3) is 5.56 Å². The number of rotatable bonds is 6. The van der Waals surface area contributed by atoms with Crippen LogP contribution in [0.25, 0.3) is 0 Å². The monoisotopic (exact) mass is 367 g/mol. The van der Waals surface area contributed by atoms with Crippen LogP contribution in [-0.2, 0) is 17.8 Å². The highest BCUT2D eigenvalue weighted by atomic mass is 19.1. The van der Waals surface area contributed by atoms with E-state index in [1.807, 2.05) is 6.07 Å². The number of carbonyl (C=O) groups excluding carboxylic acids is 1. The zero-order valence-corrected chi connectivity index (χ0v) is 15.5. The second kappa shape index (κ2) is 7.75. The molecule has 140 valence electrons. The van der Waals surface area contributed by atoms with Gasteiger partial charge in [0.1, 0.15) is 17.4 Å². The van der Waals surface area contributed by atoms with Crippen molar-refractivity contribution >= 4 is 5.91 Å². The minimum absolute atomic E-state index is 0.0377. The number of nitrogens with zero attached hydrogens (tertiary/aromatic N) is 2. The lowest BCUT2D eigenvalue weighted by molar-refractivity contribution is -0.132. The number of nitrogens with one attached hydrogen (secondary N) is 1. The van der Waals surface area contributed by atoms with E-state index in [4.69, 9.17) is 0 Å². The summed E-state index contributed by atoms with van der Waals surface area (Å²) >= 11 is 0. The molecule has 0 unspecified atom stereocenters. The molecule has 0 aliphatic heterocycles. The summed E-state index contributed by atoms with van der Waals surface area (Å²) in [7, 11) is 0. The van der Waals surface area contributed by atoms with Crippen molar-refractivity contribution in [2.45, 2.75) is 52.1 Å². The van der Waals surface area contributed by atoms with E-state index in [1.165, 1.54) is 6.07 Å². The van der Waals surface area contributed by atoms with Gasteiger partial charge in [-0.1, -0.05) is 18.2 Å². The topological polar surface area (TPSA) is 77.0 Å². The molecule has 27 heavy (non-hydrogen) atoms. The van der Waals surface area contributed by atoms with E-state index in [9.17, 15) is 19.2 Å². The largest absolute Gasteiger partial charge is 0.335 e. The quantitative estimate of drug-likeness (QED) is 0.852. The number of hydrogen-bond acceptors (Lipinski definition) is 3. The molecule has 1 N–H and O–H groups in total. The van der Waals surface area contributed by atoms with Crippen LogP contribution >= 0.6 is 0 Å². The molecule has 1 aliphatic carbocycles. The summed E-state index contributed by atoms with van der Waals surface area (Å²) < 4.78 is 14.0. The van der Waals surface area contributed by atoms with Crippen LogP contribution in [0, 0.1) is 31.0 Å². The summed E-state index contributed by atoms with van der Waals surface area (Å²) in [5.41, 5.74) is 2.33. The van der Waals surface area contributed by atoms with Gasteiger partial charge in [-0.2, -0.15) is 5.26 Å². The van der Waals surface area contributed by atoms with Crippen LogP contribution in [0.4, 0.5) is 4.39 Å². The average Bonchev–Trinajstić information content (AvgIpc) is 3.45. The molecule has 1 amide bonds. The smallest absolute Gasteiger partial charge is 0.266 e. The standard InChI is InChI=1S/C21H22FN3O2/c1-13-17(14(2)24-21(27)18(13)11-23)9-10-20(26)25(16-7-8-16)12-15-5-3-4-6-19(15)22/h3-6,16H,7-10,12H2,1-2H3,(H,24,27). The fourth-order valence-electron chi connectivity index (χ4n) is 3.41. The van der Waals surface area contributed by atoms with E-state index >= 15 is 0 Å². The maximum absolute atomic E-state index is 14.0. The number of pyridine rings is 1. The summed E-state index contributed by atoms with van der Waals surface area (Å²) in [4.78, 5) is 29.1. The first-order valence-electron chi connectivity index (χ1n) is 9.07. The van der Waals surface area contributed by atoms with Crippen LogP contribution in [0.2, 0.25) is 0 Å². The van der Waals surface area contributed by atoms with Crippen molar-refractivity contribution in [3.8, 4) is 6.07 Å².